The van der Waals surface area contributed by atoms with Crippen LogP contribution in [0.5, 0.6) is 0 Å². The van der Waals surface area contributed by atoms with E-state index in [9.17, 15) is 5.26 Å². The van der Waals surface area contributed by atoms with Gasteiger partial charge in [0.1, 0.15) is 0 Å². The van der Waals surface area contributed by atoms with E-state index < -0.39 is 0 Å². The number of piperidine rings is 1. The average Bonchev–Trinajstić information content (AvgIpc) is 2.58. The third-order valence-corrected chi connectivity index (χ3v) is 4.60. The minimum absolute atomic E-state index is 0.185. The summed E-state index contributed by atoms with van der Waals surface area (Å²) in [5.41, 5.74) is 0.839. The number of hydrogen-bond acceptors (Lipinski definition) is 4. The van der Waals surface area contributed by atoms with Gasteiger partial charge in [-0.3, -0.25) is 0 Å². The molecule has 2 fully saturated rings. The molecule has 2 saturated heterocycles. The standard InChI is InChI=1S/C17H22N2O2/c18-14-17(15-4-2-1-3-5-15)6-8-19(9-7-17)12-16-13-20-10-11-21-16/h1-5,16H,6-13H2/t16-/m1/s1. The van der Waals surface area contributed by atoms with Crippen LogP contribution in [0.3, 0.4) is 0 Å². The Bertz CT molecular complexity index is 483. The van der Waals surface area contributed by atoms with Crippen LogP contribution in [0.15, 0.2) is 30.3 Å². The van der Waals surface area contributed by atoms with Gasteiger partial charge in [0, 0.05) is 19.6 Å². The summed E-state index contributed by atoms with van der Waals surface area (Å²) in [5.74, 6) is 0. The first-order valence-electron chi connectivity index (χ1n) is 7.71. The van der Waals surface area contributed by atoms with Crippen molar-refractivity contribution < 1.29 is 9.47 Å². The van der Waals surface area contributed by atoms with Gasteiger partial charge in [-0.05, 0) is 18.4 Å². The quantitative estimate of drug-likeness (QED) is 0.852. The lowest BCUT2D eigenvalue weighted by Crippen LogP contribution is -2.47. The molecule has 112 valence electrons. The number of nitrogens with zero attached hydrogens (tertiary/aromatic N) is 2. The summed E-state index contributed by atoms with van der Waals surface area (Å²) in [4.78, 5) is 2.40. The zero-order valence-electron chi connectivity index (χ0n) is 12.3. The minimum atomic E-state index is -0.318. The van der Waals surface area contributed by atoms with Gasteiger partial charge in [-0.25, -0.2) is 0 Å². The van der Waals surface area contributed by atoms with Crippen molar-refractivity contribution in [3.05, 3.63) is 35.9 Å². The molecule has 21 heavy (non-hydrogen) atoms. The van der Waals surface area contributed by atoms with Crippen LogP contribution in [0.25, 0.3) is 0 Å². The number of benzene rings is 1. The summed E-state index contributed by atoms with van der Waals surface area (Å²) in [6.45, 7) is 4.91. The SMILES string of the molecule is N#CC1(c2ccccc2)CCN(C[C@@H]2COCCO2)CC1. The molecule has 0 N–H and O–H groups in total. The highest BCUT2D eigenvalue weighted by Crippen LogP contribution is 2.34. The fraction of sp³-hybridized carbons (Fsp3) is 0.588. The molecule has 0 saturated carbocycles. The zero-order valence-corrected chi connectivity index (χ0v) is 12.3. The van der Waals surface area contributed by atoms with Gasteiger partial charge in [0.2, 0.25) is 0 Å². The summed E-state index contributed by atoms with van der Waals surface area (Å²) in [5, 5.41) is 9.69. The lowest BCUT2D eigenvalue weighted by atomic mass is 9.74. The van der Waals surface area contributed by atoms with Gasteiger partial charge in [-0.2, -0.15) is 5.26 Å². The molecule has 1 atom stereocenters. The van der Waals surface area contributed by atoms with Gasteiger partial charge >= 0.3 is 0 Å². The maximum atomic E-state index is 9.69. The number of ether oxygens (including phenoxy) is 2. The van der Waals surface area contributed by atoms with Gasteiger partial charge in [-0.15, -0.1) is 0 Å². The molecule has 0 bridgehead atoms. The van der Waals surface area contributed by atoms with Crippen molar-refractivity contribution in [3.63, 3.8) is 0 Å². The Labute approximate surface area is 126 Å². The predicted octanol–water partition coefficient (Wildman–Crippen LogP) is 1.96. The van der Waals surface area contributed by atoms with Crippen LogP contribution >= 0.6 is 0 Å². The molecule has 0 spiro atoms. The molecule has 2 aliphatic heterocycles. The van der Waals surface area contributed by atoms with Crippen molar-refractivity contribution in [1.29, 1.82) is 5.26 Å². The molecule has 3 rings (SSSR count). The molecule has 0 amide bonds. The molecular formula is C17H22N2O2. The molecular weight excluding hydrogens is 264 g/mol. The number of likely N-dealkylation sites (tertiary alicyclic amines) is 1. The van der Waals surface area contributed by atoms with Crippen molar-refractivity contribution >= 4 is 0 Å². The Morgan fingerprint density at radius 2 is 1.95 bits per heavy atom. The number of nitriles is 1. The van der Waals surface area contributed by atoms with E-state index in [1.54, 1.807) is 0 Å². The Morgan fingerprint density at radius 3 is 2.57 bits per heavy atom. The number of hydrogen-bond donors (Lipinski definition) is 0. The molecule has 4 heteroatoms. The minimum Gasteiger partial charge on any atom is -0.376 e. The van der Waals surface area contributed by atoms with E-state index >= 15 is 0 Å². The van der Waals surface area contributed by atoms with E-state index in [1.807, 2.05) is 18.2 Å². The van der Waals surface area contributed by atoms with E-state index in [-0.39, 0.29) is 11.5 Å². The fourth-order valence-corrected chi connectivity index (χ4v) is 3.27. The maximum absolute atomic E-state index is 9.69. The Morgan fingerprint density at radius 1 is 1.19 bits per heavy atom. The van der Waals surface area contributed by atoms with Crippen molar-refractivity contribution in [2.75, 3.05) is 39.5 Å². The Kier molecular flexibility index (Phi) is 4.54. The van der Waals surface area contributed by atoms with E-state index in [0.29, 0.717) is 19.8 Å². The van der Waals surface area contributed by atoms with Gasteiger partial charge in [0.15, 0.2) is 0 Å². The van der Waals surface area contributed by atoms with Crippen LogP contribution < -0.4 is 0 Å². The topological polar surface area (TPSA) is 45.5 Å². The second-order valence-corrected chi connectivity index (χ2v) is 5.93. The molecule has 0 unspecified atom stereocenters. The van der Waals surface area contributed by atoms with Gasteiger partial charge in [0.25, 0.3) is 0 Å². The summed E-state index contributed by atoms with van der Waals surface area (Å²) in [7, 11) is 0. The van der Waals surface area contributed by atoms with E-state index in [2.05, 4.69) is 23.1 Å². The third-order valence-electron chi connectivity index (χ3n) is 4.60. The van der Waals surface area contributed by atoms with E-state index in [4.69, 9.17) is 9.47 Å². The van der Waals surface area contributed by atoms with Crippen LogP contribution in [0.1, 0.15) is 18.4 Å². The normalized spacial score (nSPS) is 26.1. The van der Waals surface area contributed by atoms with E-state index in [0.717, 1.165) is 38.0 Å². The first-order chi connectivity index (χ1) is 10.3. The first kappa shape index (κ1) is 14.5. The molecule has 0 aromatic heterocycles. The fourth-order valence-electron chi connectivity index (χ4n) is 3.27. The Balaban J connectivity index is 1.59. The highest BCUT2D eigenvalue weighted by molar-refractivity contribution is 5.33. The van der Waals surface area contributed by atoms with Crippen LogP contribution in [0.2, 0.25) is 0 Å². The summed E-state index contributed by atoms with van der Waals surface area (Å²) in [6.07, 6.45) is 1.97. The molecule has 0 radical (unpaired) electrons. The van der Waals surface area contributed by atoms with Crippen LogP contribution in [-0.2, 0) is 14.9 Å². The highest BCUT2D eigenvalue weighted by atomic mass is 16.6. The average molecular weight is 286 g/mol. The second-order valence-electron chi connectivity index (χ2n) is 5.93. The van der Waals surface area contributed by atoms with Gasteiger partial charge in [0.05, 0.1) is 37.4 Å². The second kappa shape index (κ2) is 6.57. The molecule has 4 nitrogen and oxygen atoms in total. The smallest absolute Gasteiger partial charge is 0.0936 e. The van der Waals surface area contributed by atoms with Crippen molar-refractivity contribution in [1.82, 2.24) is 4.90 Å². The van der Waals surface area contributed by atoms with Gasteiger partial charge < -0.3 is 14.4 Å². The lowest BCUT2D eigenvalue weighted by Gasteiger charge is -2.39. The predicted molar refractivity (Wildman–Crippen MR) is 80.0 cm³/mol. The van der Waals surface area contributed by atoms with E-state index in [1.165, 1.54) is 0 Å². The van der Waals surface area contributed by atoms with Crippen LogP contribution in [0.4, 0.5) is 0 Å². The monoisotopic (exact) mass is 286 g/mol. The largest absolute Gasteiger partial charge is 0.376 e. The molecule has 2 heterocycles. The summed E-state index contributed by atoms with van der Waals surface area (Å²) >= 11 is 0. The Hall–Kier alpha value is -1.41. The zero-order chi connectivity index (χ0) is 14.5. The first-order valence-corrected chi connectivity index (χ1v) is 7.71. The summed E-state index contributed by atoms with van der Waals surface area (Å²) < 4.78 is 11.2. The van der Waals surface area contributed by atoms with Crippen molar-refractivity contribution in [2.45, 2.75) is 24.4 Å². The molecule has 1 aromatic rings. The van der Waals surface area contributed by atoms with Gasteiger partial charge in [-0.1, -0.05) is 30.3 Å². The lowest BCUT2D eigenvalue weighted by molar-refractivity contribution is -0.0993. The van der Waals surface area contributed by atoms with Crippen molar-refractivity contribution in [2.24, 2.45) is 0 Å². The summed E-state index contributed by atoms with van der Waals surface area (Å²) in [6, 6.07) is 12.8. The molecule has 0 aliphatic carbocycles. The third kappa shape index (κ3) is 3.26. The van der Waals surface area contributed by atoms with Crippen LogP contribution in [-0.4, -0.2) is 50.5 Å². The molecule has 1 aromatic carbocycles. The van der Waals surface area contributed by atoms with Crippen LogP contribution in [0, 0.1) is 11.3 Å². The highest BCUT2D eigenvalue weighted by Gasteiger charge is 2.36. The maximum Gasteiger partial charge on any atom is 0.0936 e. The van der Waals surface area contributed by atoms with Crippen molar-refractivity contribution in [3.8, 4) is 6.07 Å². The molecule has 2 aliphatic rings. The number of rotatable bonds is 3.